The molecule has 0 aromatic carbocycles. The van der Waals surface area contributed by atoms with Crippen LogP contribution in [-0.2, 0) is 4.74 Å². The average molecular weight is 198 g/mol. The highest BCUT2D eigenvalue weighted by atomic mass is 16.5. The Labute approximate surface area is 86.8 Å². The van der Waals surface area contributed by atoms with E-state index in [4.69, 9.17) is 4.74 Å². The molecule has 0 spiro atoms. The van der Waals surface area contributed by atoms with E-state index in [0.717, 1.165) is 19.7 Å². The van der Waals surface area contributed by atoms with E-state index in [2.05, 4.69) is 17.3 Å². The fraction of sp³-hybridized carbons (Fsp3) is 1.00. The minimum absolute atomic E-state index is 0.519. The second kappa shape index (κ2) is 5.10. The number of hydrogen-bond donors (Lipinski definition) is 1. The third kappa shape index (κ3) is 2.69. The zero-order valence-corrected chi connectivity index (χ0v) is 9.17. The maximum Gasteiger partial charge on any atom is 0.0625 e. The van der Waals surface area contributed by atoms with Crippen LogP contribution in [0.15, 0.2) is 0 Å². The van der Waals surface area contributed by atoms with E-state index in [1.54, 1.807) is 0 Å². The van der Waals surface area contributed by atoms with Crippen molar-refractivity contribution in [2.45, 2.75) is 37.8 Å². The predicted octanol–water partition coefficient (Wildman–Crippen LogP) is 0.849. The van der Waals surface area contributed by atoms with E-state index in [-0.39, 0.29) is 0 Å². The first-order chi connectivity index (χ1) is 6.86. The summed E-state index contributed by atoms with van der Waals surface area (Å²) >= 11 is 0. The molecule has 2 aliphatic heterocycles. The Hall–Kier alpha value is -0.120. The lowest BCUT2D eigenvalue weighted by Crippen LogP contribution is -2.36. The van der Waals surface area contributed by atoms with E-state index in [1.165, 1.54) is 32.2 Å². The summed E-state index contributed by atoms with van der Waals surface area (Å²) in [5.41, 5.74) is 0. The number of nitrogens with zero attached hydrogens (tertiary/aromatic N) is 1. The van der Waals surface area contributed by atoms with E-state index in [0.29, 0.717) is 12.1 Å². The van der Waals surface area contributed by atoms with E-state index < -0.39 is 0 Å². The standard InChI is InChI=1S/C11H22N2O/c1-13-8-2-3-10(13)9-14-11-4-6-12-7-5-11/h10-12H,2-9H2,1H3. The van der Waals surface area contributed by atoms with Crippen molar-refractivity contribution < 1.29 is 4.74 Å². The highest BCUT2D eigenvalue weighted by Crippen LogP contribution is 2.17. The second-order valence-electron chi connectivity index (χ2n) is 4.56. The van der Waals surface area contributed by atoms with Crippen molar-refractivity contribution in [3.8, 4) is 0 Å². The third-order valence-corrected chi connectivity index (χ3v) is 3.48. The van der Waals surface area contributed by atoms with Crippen molar-refractivity contribution in [1.29, 1.82) is 0 Å². The van der Waals surface area contributed by atoms with Gasteiger partial charge < -0.3 is 15.0 Å². The van der Waals surface area contributed by atoms with Gasteiger partial charge in [0.05, 0.1) is 12.7 Å². The van der Waals surface area contributed by atoms with E-state index in [9.17, 15) is 0 Å². The molecule has 1 N–H and O–H groups in total. The number of likely N-dealkylation sites (tertiary alicyclic amines) is 1. The molecule has 0 bridgehead atoms. The van der Waals surface area contributed by atoms with Gasteiger partial charge in [0.1, 0.15) is 0 Å². The number of piperidine rings is 1. The van der Waals surface area contributed by atoms with Gasteiger partial charge in [-0.1, -0.05) is 0 Å². The van der Waals surface area contributed by atoms with Gasteiger partial charge in [0, 0.05) is 6.04 Å². The molecule has 0 aromatic rings. The summed E-state index contributed by atoms with van der Waals surface area (Å²) in [5, 5.41) is 3.36. The number of ether oxygens (including phenoxy) is 1. The third-order valence-electron chi connectivity index (χ3n) is 3.48. The van der Waals surface area contributed by atoms with Crippen molar-refractivity contribution >= 4 is 0 Å². The van der Waals surface area contributed by atoms with Gasteiger partial charge >= 0.3 is 0 Å². The van der Waals surface area contributed by atoms with Gasteiger partial charge in [-0.05, 0) is 52.4 Å². The van der Waals surface area contributed by atoms with Crippen LogP contribution in [0.25, 0.3) is 0 Å². The molecule has 1 atom stereocenters. The lowest BCUT2D eigenvalue weighted by atomic mass is 10.1. The first-order valence-electron chi connectivity index (χ1n) is 5.89. The molecule has 2 saturated heterocycles. The number of nitrogens with one attached hydrogen (secondary N) is 1. The van der Waals surface area contributed by atoms with Crippen molar-refractivity contribution in [3.05, 3.63) is 0 Å². The predicted molar refractivity (Wildman–Crippen MR) is 57.5 cm³/mol. The lowest BCUT2D eigenvalue weighted by molar-refractivity contribution is 0.00715. The molecule has 2 aliphatic rings. The Morgan fingerprint density at radius 3 is 2.71 bits per heavy atom. The molecule has 2 heterocycles. The molecule has 3 nitrogen and oxygen atoms in total. The summed E-state index contributed by atoms with van der Waals surface area (Å²) in [6.07, 6.45) is 5.57. The zero-order valence-electron chi connectivity index (χ0n) is 9.17. The minimum Gasteiger partial charge on any atom is -0.376 e. The Kier molecular flexibility index (Phi) is 3.79. The lowest BCUT2D eigenvalue weighted by Gasteiger charge is -2.26. The number of likely N-dealkylation sites (N-methyl/N-ethyl adjacent to an activating group) is 1. The highest BCUT2D eigenvalue weighted by Gasteiger charge is 2.22. The highest BCUT2D eigenvalue weighted by molar-refractivity contribution is 4.77. The molecule has 14 heavy (non-hydrogen) atoms. The van der Waals surface area contributed by atoms with Crippen LogP contribution < -0.4 is 5.32 Å². The minimum atomic E-state index is 0.519. The monoisotopic (exact) mass is 198 g/mol. The topological polar surface area (TPSA) is 24.5 Å². The van der Waals surface area contributed by atoms with Crippen LogP contribution in [0.2, 0.25) is 0 Å². The van der Waals surface area contributed by atoms with Crippen LogP contribution in [0.3, 0.4) is 0 Å². The molecule has 82 valence electrons. The summed E-state index contributed by atoms with van der Waals surface area (Å²) < 4.78 is 5.96. The average Bonchev–Trinajstić information content (AvgIpc) is 2.63. The quantitative estimate of drug-likeness (QED) is 0.727. The van der Waals surface area contributed by atoms with Gasteiger partial charge in [-0.3, -0.25) is 0 Å². The van der Waals surface area contributed by atoms with Crippen LogP contribution in [-0.4, -0.2) is 50.3 Å². The van der Waals surface area contributed by atoms with Crippen molar-refractivity contribution in [2.75, 3.05) is 33.3 Å². The Morgan fingerprint density at radius 1 is 1.29 bits per heavy atom. The molecule has 0 amide bonds. The molecular weight excluding hydrogens is 176 g/mol. The molecule has 3 heteroatoms. The molecule has 0 aromatic heterocycles. The first-order valence-corrected chi connectivity index (χ1v) is 5.89. The fourth-order valence-electron chi connectivity index (χ4n) is 2.40. The molecular formula is C11H22N2O. The maximum atomic E-state index is 5.96. The second-order valence-corrected chi connectivity index (χ2v) is 4.56. The van der Waals surface area contributed by atoms with Crippen LogP contribution in [0.5, 0.6) is 0 Å². The Morgan fingerprint density at radius 2 is 2.07 bits per heavy atom. The summed E-state index contributed by atoms with van der Waals surface area (Å²) in [4.78, 5) is 2.43. The maximum absolute atomic E-state index is 5.96. The van der Waals surface area contributed by atoms with Crippen LogP contribution in [0.1, 0.15) is 25.7 Å². The summed E-state index contributed by atoms with van der Waals surface area (Å²) in [6, 6.07) is 0.685. The molecule has 0 saturated carbocycles. The number of rotatable bonds is 3. The van der Waals surface area contributed by atoms with Crippen LogP contribution >= 0.6 is 0 Å². The van der Waals surface area contributed by atoms with Crippen molar-refractivity contribution in [1.82, 2.24) is 10.2 Å². The van der Waals surface area contributed by atoms with Gasteiger partial charge in [-0.25, -0.2) is 0 Å². The molecule has 2 rings (SSSR count). The summed E-state index contributed by atoms with van der Waals surface area (Å²) in [6.45, 7) is 4.46. The van der Waals surface area contributed by atoms with Crippen LogP contribution in [0.4, 0.5) is 0 Å². The summed E-state index contributed by atoms with van der Waals surface area (Å²) in [7, 11) is 2.21. The normalized spacial score (nSPS) is 31.1. The van der Waals surface area contributed by atoms with Gasteiger partial charge in [-0.15, -0.1) is 0 Å². The Balaban J connectivity index is 1.65. The largest absolute Gasteiger partial charge is 0.376 e. The molecule has 2 fully saturated rings. The zero-order chi connectivity index (χ0) is 9.80. The molecule has 1 unspecified atom stereocenters. The van der Waals surface area contributed by atoms with Gasteiger partial charge in [0.2, 0.25) is 0 Å². The van der Waals surface area contributed by atoms with E-state index in [1.807, 2.05) is 0 Å². The van der Waals surface area contributed by atoms with Crippen molar-refractivity contribution in [3.63, 3.8) is 0 Å². The first kappa shape index (κ1) is 10.4. The van der Waals surface area contributed by atoms with Gasteiger partial charge in [0.15, 0.2) is 0 Å². The van der Waals surface area contributed by atoms with E-state index >= 15 is 0 Å². The fourth-order valence-corrected chi connectivity index (χ4v) is 2.40. The number of hydrogen-bond acceptors (Lipinski definition) is 3. The SMILES string of the molecule is CN1CCCC1COC1CCNCC1. The summed E-state index contributed by atoms with van der Waals surface area (Å²) in [5.74, 6) is 0. The molecule has 0 radical (unpaired) electrons. The van der Waals surface area contributed by atoms with Crippen molar-refractivity contribution in [2.24, 2.45) is 0 Å². The molecule has 0 aliphatic carbocycles. The van der Waals surface area contributed by atoms with Gasteiger partial charge in [0.25, 0.3) is 0 Å². The van der Waals surface area contributed by atoms with Crippen LogP contribution in [0, 0.1) is 0 Å². The smallest absolute Gasteiger partial charge is 0.0625 e. The Bertz CT molecular complexity index is 169. The van der Waals surface area contributed by atoms with Gasteiger partial charge in [-0.2, -0.15) is 0 Å².